The average Bonchev–Trinajstić information content (AvgIpc) is 2.93. The molecule has 0 aliphatic rings. The number of nitrogen functional groups attached to an aromatic ring is 1. The van der Waals surface area contributed by atoms with Crippen molar-refractivity contribution in [2.24, 2.45) is 10.7 Å². The first-order valence-corrected chi connectivity index (χ1v) is 7.48. The highest BCUT2D eigenvalue weighted by Gasteiger charge is 2.11. The minimum Gasteiger partial charge on any atom is -0.480 e. The van der Waals surface area contributed by atoms with Crippen LogP contribution in [-0.4, -0.2) is 37.9 Å². The number of aliphatic carboxylic acids is 1. The Hall–Kier alpha value is -3.00. The van der Waals surface area contributed by atoms with Crippen LogP contribution in [0.3, 0.4) is 0 Å². The highest BCUT2D eigenvalue weighted by molar-refractivity contribution is 5.77. The topological polar surface area (TPSA) is 132 Å². The van der Waals surface area contributed by atoms with Crippen LogP contribution in [0, 0.1) is 0 Å². The van der Waals surface area contributed by atoms with Crippen LogP contribution >= 0.6 is 0 Å². The number of anilines is 1. The summed E-state index contributed by atoms with van der Waals surface area (Å²) in [6.07, 6.45) is 9.35. The van der Waals surface area contributed by atoms with Gasteiger partial charge in [-0.25, -0.2) is 4.98 Å². The van der Waals surface area contributed by atoms with E-state index >= 15 is 0 Å². The number of pyridine rings is 1. The molecule has 8 nitrogen and oxygen atoms in total. The zero-order chi connectivity index (χ0) is 17.4. The molecule has 2 rings (SSSR count). The molecule has 5 N–H and O–H groups in total. The SMILES string of the molecule is Nc1ncc(/C=C/N=Cc2ccccn2)n1CCC[C@H](N)C(=O)O. The molecule has 24 heavy (non-hydrogen) atoms. The van der Waals surface area contributed by atoms with Gasteiger partial charge in [-0.05, 0) is 31.1 Å². The van der Waals surface area contributed by atoms with Gasteiger partial charge in [0, 0.05) is 18.9 Å². The molecule has 0 aliphatic heterocycles. The molecule has 0 spiro atoms. The first-order chi connectivity index (χ1) is 11.6. The van der Waals surface area contributed by atoms with Crippen LogP contribution in [0.25, 0.3) is 6.08 Å². The molecule has 0 saturated carbocycles. The summed E-state index contributed by atoms with van der Waals surface area (Å²) in [5.41, 5.74) is 12.9. The van der Waals surface area contributed by atoms with Gasteiger partial charge in [-0.3, -0.25) is 14.8 Å². The minimum atomic E-state index is -1.00. The summed E-state index contributed by atoms with van der Waals surface area (Å²) in [5.74, 6) is -0.634. The van der Waals surface area contributed by atoms with Crippen LogP contribution in [0.5, 0.6) is 0 Å². The number of carboxylic acid groups (broad SMARTS) is 1. The lowest BCUT2D eigenvalue weighted by molar-refractivity contribution is -0.138. The van der Waals surface area contributed by atoms with Gasteiger partial charge in [0.15, 0.2) is 0 Å². The fourth-order valence-electron chi connectivity index (χ4n) is 2.06. The van der Waals surface area contributed by atoms with E-state index in [4.69, 9.17) is 16.6 Å². The van der Waals surface area contributed by atoms with Crippen molar-refractivity contribution in [1.29, 1.82) is 0 Å². The van der Waals surface area contributed by atoms with Gasteiger partial charge in [-0.15, -0.1) is 0 Å². The predicted octanol–water partition coefficient (Wildman–Crippen LogP) is 1.14. The predicted molar refractivity (Wildman–Crippen MR) is 92.3 cm³/mol. The molecular formula is C16H20N6O2. The molecule has 8 heteroatoms. The monoisotopic (exact) mass is 328 g/mol. The molecule has 0 bridgehead atoms. The van der Waals surface area contributed by atoms with Crippen molar-refractivity contribution in [2.45, 2.75) is 25.4 Å². The van der Waals surface area contributed by atoms with E-state index in [0.29, 0.717) is 25.3 Å². The van der Waals surface area contributed by atoms with Crippen molar-refractivity contribution in [3.05, 3.63) is 48.2 Å². The maximum Gasteiger partial charge on any atom is 0.320 e. The lowest BCUT2D eigenvalue weighted by atomic mass is 10.2. The molecule has 2 heterocycles. The summed E-state index contributed by atoms with van der Waals surface area (Å²) in [4.78, 5) is 23.1. The number of imidazole rings is 1. The Kier molecular flexibility index (Phi) is 6.21. The lowest BCUT2D eigenvalue weighted by Crippen LogP contribution is -2.30. The molecule has 0 saturated heterocycles. The van der Waals surface area contributed by atoms with Crippen molar-refractivity contribution < 1.29 is 9.90 Å². The van der Waals surface area contributed by atoms with E-state index < -0.39 is 12.0 Å². The molecule has 0 unspecified atom stereocenters. The average molecular weight is 328 g/mol. The van der Waals surface area contributed by atoms with Crippen molar-refractivity contribution >= 4 is 24.2 Å². The fraction of sp³-hybridized carbons (Fsp3) is 0.250. The maximum atomic E-state index is 10.7. The molecule has 2 aromatic heterocycles. The van der Waals surface area contributed by atoms with Crippen LogP contribution in [0.15, 0.2) is 41.8 Å². The normalized spacial score (nSPS) is 12.9. The van der Waals surface area contributed by atoms with E-state index in [2.05, 4.69) is 15.0 Å². The van der Waals surface area contributed by atoms with Gasteiger partial charge in [0.05, 0.1) is 23.8 Å². The number of carboxylic acids is 1. The van der Waals surface area contributed by atoms with Crippen LogP contribution in [-0.2, 0) is 11.3 Å². The zero-order valence-electron chi connectivity index (χ0n) is 13.1. The van der Waals surface area contributed by atoms with Crippen molar-refractivity contribution in [3.8, 4) is 0 Å². The standard InChI is InChI=1S/C16H20N6O2/c17-14(15(23)24)5-3-9-22-13(11-21-16(22)18)6-8-19-10-12-4-1-2-7-20-12/h1-2,4,6-8,10-11,14H,3,5,9,17H2,(H2,18,21)(H,23,24)/b8-6+,19-10?/t14-/m0/s1. The number of carbonyl (C=O) groups is 1. The Labute approximate surface area is 139 Å². The van der Waals surface area contributed by atoms with Crippen LogP contribution < -0.4 is 11.5 Å². The summed E-state index contributed by atoms with van der Waals surface area (Å²) in [7, 11) is 0. The molecule has 0 aliphatic carbocycles. The second-order valence-corrected chi connectivity index (χ2v) is 5.13. The van der Waals surface area contributed by atoms with E-state index in [0.717, 1.165) is 11.4 Å². The molecular weight excluding hydrogens is 308 g/mol. The minimum absolute atomic E-state index is 0.368. The van der Waals surface area contributed by atoms with Gasteiger partial charge in [0.2, 0.25) is 5.95 Å². The molecule has 0 fully saturated rings. The van der Waals surface area contributed by atoms with E-state index in [9.17, 15) is 4.79 Å². The Morgan fingerprint density at radius 2 is 2.25 bits per heavy atom. The fourth-order valence-corrected chi connectivity index (χ4v) is 2.06. The van der Waals surface area contributed by atoms with E-state index in [1.54, 1.807) is 35.5 Å². The van der Waals surface area contributed by atoms with Gasteiger partial charge in [-0.1, -0.05) is 6.07 Å². The van der Waals surface area contributed by atoms with Crippen molar-refractivity contribution in [1.82, 2.24) is 14.5 Å². The number of nitrogens with zero attached hydrogens (tertiary/aromatic N) is 4. The summed E-state index contributed by atoms with van der Waals surface area (Å²) < 4.78 is 1.79. The van der Waals surface area contributed by atoms with E-state index in [1.165, 1.54) is 0 Å². The Balaban J connectivity index is 1.95. The molecule has 2 aromatic rings. The number of hydrogen-bond acceptors (Lipinski definition) is 6. The highest BCUT2D eigenvalue weighted by atomic mass is 16.4. The van der Waals surface area contributed by atoms with Gasteiger partial charge in [0.25, 0.3) is 0 Å². The lowest BCUT2D eigenvalue weighted by Gasteiger charge is -2.09. The maximum absolute atomic E-state index is 10.7. The number of aliphatic imine (C=N–C) groups is 1. The second kappa shape index (κ2) is 8.59. The van der Waals surface area contributed by atoms with E-state index in [1.807, 2.05) is 18.2 Å². The third-order valence-corrected chi connectivity index (χ3v) is 3.36. The van der Waals surface area contributed by atoms with Crippen molar-refractivity contribution in [2.75, 3.05) is 5.73 Å². The molecule has 126 valence electrons. The molecule has 1 atom stereocenters. The first kappa shape index (κ1) is 17.4. The molecule has 0 radical (unpaired) electrons. The highest BCUT2D eigenvalue weighted by Crippen LogP contribution is 2.11. The van der Waals surface area contributed by atoms with Gasteiger partial charge in [0.1, 0.15) is 6.04 Å². The number of hydrogen-bond donors (Lipinski definition) is 3. The Morgan fingerprint density at radius 1 is 1.42 bits per heavy atom. The van der Waals surface area contributed by atoms with Gasteiger partial charge >= 0.3 is 5.97 Å². The summed E-state index contributed by atoms with van der Waals surface area (Å²) in [6.45, 7) is 0.538. The van der Waals surface area contributed by atoms with Gasteiger partial charge in [-0.2, -0.15) is 0 Å². The number of aromatic nitrogens is 3. The summed E-state index contributed by atoms with van der Waals surface area (Å²) >= 11 is 0. The first-order valence-electron chi connectivity index (χ1n) is 7.48. The van der Waals surface area contributed by atoms with Crippen LogP contribution in [0.2, 0.25) is 0 Å². The van der Waals surface area contributed by atoms with E-state index in [-0.39, 0.29) is 0 Å². The number of rotatable bonds is 8. The van der Waals surface area contributed by atoms with Gasteiger partial charge < -0.3 is 21.1 Å². The summed E-state index contributed by atoms with van der Waals surface area (Å²) in [5, 5.41) is 8.78. The largest absolute Gasteiger partial charge is 0.480 e. The Bertz CT molecular complexity index is 723. The third kappa shape index (κ3) is 5.03. The quantitative estimate of drug-likeness (QED) is 0.622. The third-order valence-electron chi connectivity index (χ3n) is 3.36. The molecule has 0 amide bonds. The summed E-state index contributed by atoms with van der Waals surface area (Å²) in [6, 6.07) is 4.71. The number of nitrogens with two attached hydrogens (primary N) is 2. The van der Waals surface area contributed by atoms with Crippen LogP contribution in [0.4, 0.5) is 5.95 Å². The van der Waals surface area contributed by atoms with Crippen molar-refractivity contribution in [3.63, 3.8) is 0 Å². The smallest absolute Gasteiger partial charge is 0.320 e. The second-order valence-electron chi connectivity index (χ2n) is 5.13. The zero-order valence-corrected chi connectivity index (χ0v) is 13.1. The molecule has 0 aromatic carbocycles. The van der Waals surface area contributed by atoms with Crippen LogP contribution in [0.1, 0.15) is 24.2 Å². The Morgan fingerprint density at radius 3 is 2.96 bits per heavy atom.